The van der Waals surface area contributed by atoms with Gasteiger partial charge in [0.05, 0.1) is 19.8 Å². The summed E-state index contributed by atoms with van der Waals surface area (Å²) in [4.78, 5) is 0. The van der Waals surface area contributed by atoms with Crippen LogP contribution in [0.1, 0.15) is 5.56 Å². The van der Waals surface area contributed by atoms with Crippen LogP contribution >= 0.6 is 0 Å². The molecular weight excluding hydrogens is 264 g/mol. The molecule has 0 spiro atoms. The molecule has 0 bridgehead atoms. The third-order valence-electron chi connectivity index (χ3n) is 3.59. The average Bonchev–Trinajstić information content (AvgIpc) is 2.48. The maximum Gasteiger partial charge on any atom is 0.118 e. The Kier molecular flexibility index (Phi) is 4.95. The van der Waals surface area contributed by atoms with Gasteiger partial charge < -0.3 is 29.9 Å². The lowest BCUT2D eigenvalue weighted by atomic mass is 9.91. The van der Waals surface area contributed by atoms with Crippen molar-refractivity contribution in [2.45, 2.75) is 36.9 Å². The van der Waals surface area contributed by atoms with Crippen LogP contribution in [-0.2, 0) is 11.2 Å². The third kappa shape index (κ3) is 3.11. The Morgan fingerprint density at radius 3 is 2.15 bits per heavy atom. The first-order chi connectivity index (χ1) is 9.56. The van der Waals surface area contributed by atoms with Gasteiger partial charge in [-0.2, -0.15) is 0 Å². The minimum absolute atomic E-state index is 0.367. The van der Waals surface area contributed by atoms with Crippen molar-refractivity contribution in [3.63, 3.8) is 0 Å². The molecule has 0 amide bonds. The van der Waals surface area contributed by atoms with Crippen molar-refractivity contribution >= 4 is 0 Å². The first kappa shape index (κ1) is 15.2. The molecule has 20 heavy (non-hydrogen) atoms. The third-order valence-corrected chi connectivity index (χ3v) is 3.59. The first-order valence-corrected chi connectivity index (χ1v) is 6.50. The summed E-state index contributed by atoms with van der Waals surface area (Å²) in [6, 6.07) is 7.25. The van der Waals surface area contributed by atoms with Crippen LogP contribution in [0.3, 0.4) is 0 Å². The van der Waals surface area contributed by atoms with Crippen molar-refractivity contribution in [1.82, 2.24) is 0 Å². The summed E-state index contributed by atoms with van der Waals surface area (Å²) in [5, 5.41) is 38.5. The molecule has 1 aliphatic rings. The van der Waals surface area contributed by atoms with Gasteiger partial charge in [-0.05, 0) is 17.7 Å². The second-order valence-electron chi connectivity index (χ2n) is 4.92. The van der Waals surface area contributed by atoms with Crippen LogP contribution < -0.4 is 4.74 Å². The van der Waals surface area contributed by atoms with E-state index in [4.69, 9.17) is 14.6 Å². The highest BCUT2D eigenvalue weighted by Gasteiger charge is 2.43. The number of hydrogen-bond acceptors (Lipinski definition) is 6. The van der Waals surface area contributed by atoms with Crippen LogP contribution in [0, 0.1) is 0 Å². The smallest absolute Gasteiger partial charge is 0.118 e. The van der Waals surface area contributed by atoms with E-state index in [0.717, 1.165) is 11.3 Å². The predicted octanol–water partition coefficient (Wildman–Crippen LogP) is -0.920. The van der Waals surface area contributed by atoms with Gasteiger partial charge in [-0.1, -0.05) is 12.1 Å². The van der Waals surface area contributed by atoms with Crippen LogP contribution in [0.5, 0.6) is 5.75 Å². The van der Waals surface area contributed by atoms with Crippen molar-refractivity contribution in [1.29, 1.82) is 0 Å². The van der Waals surface area contributed by atoms with Crippen molar-refractivity contribution in [2.75, 3.05) is 13.7 Å². The molecule has 1 fully saturated rings. The highest BCUT2D eigenvalue weighted by Crippen LogP contribution is 2.24. The molecule has 112 valence electrons. The van der Waals surface area contributed by atoms with E-state index in [1.807, 2.05) is 12.1 Å². The molecule has 0 saturated carbocycles. The molecule has 5 atom stereocenters. The topological polar surface area (TPSA) is 99.4 Å². The number of hydrogen-bond donors (Lipinski definition) is 4. The van der Waals surface area contributed by atoms with E-state index in [-0.39, 0.29) is 0 Å². The van der Waals surface area contributed by atoms with E-state index in [2.05, 4.69) is 0 Å². The molecule has 1 aliphatic heterocycles. The van der Waals surface area contributed by atoms with Crippen LogP contribution in [0.15, 0.2) is 24.3 Å². The molecule has 6 heteroatoms. The summed E-state index contributed by atoms with van der Waals surface area (Å²) >= 11 is 0. The fourth-order valence-electron chi connectivity index (χ4n) is 2.34. The van der Waals surface area contributed by atoms with Gasteiger partial charge in [-0.25, -0.2) is 0 Å². The van der Waals surface area contributed by atoms with Gasteiger partial charge in [0.25, 0.3) is 0 Å². The summed E-state index contributed by atoms with van der Waals surface area (Å²) in [6.07, 6.45) is -5.03. The summed E-state index contributed by atoms with van der Waals surface area (Å²) in [5.41, 5.74) is 0.898. The number of benzene rings is 1. The Hall–Kier alpha value is -1.18. The lowest BCUT2D eigenvalue weighted by Crippen LogP contribution is -2.58. The monoisotopic (exact) mass is 284 g/mol. The van der Waals surface area contributed by atoms with Gasteiger partial charge in [0.2, 0.25) is 0 Å². The zero-order chi connectivity index (χ0) is 14.7. The van der Waals surface area contributed by atoms with Crippen LogP contribution in [0.25, 0.3) is 0 Å². The number of aliphatic hydroxyl groups excluding tert-OH is 4. The lowest BCUT2D eigenvalue weighted by molar-refractivity contribution is -0.228. The minimum Gasteiger partial charge on any atom is -0.497 e. The minimum atomic E-state index is -1.33. The largest absolute Gasteiger partial charge is 0.497 e. The molecule has 4 N–H and O–H groups in total. The number of ether oxygens (including phenoxy) is 2. The Balaban J connectivity index is 2.06. The fourth-order valence-corrected chi connectivity index (χ4v) is 2.34. The molecular formula is C14H20O6. The van der Waals surface area contributed by atoms with E-state index in [1.54, 1.807) is 19.2 Å². The molecule has 6 nitrogen and oxygen atoms in total. The lowest BCUT2D eigenvalue weighted by Gasteiger charge is -2.40. The molecule has 2 rings (SSSR count). The normalized spacial score (nSPS) is 34.0. The van der Waals surface area contributed by atoms with Gasteiger partial charge in [-0.3, -0.25) is 0 Å². The van der Waals surface area contributed by atoms with Crippen LogP contribution in [0.4, 0.5) is 0 Å². The summed E-state index contributed by atoms with van der Waals surface area (Å²) in [5.74, 6) is 0.725. The van der Waals surface area contributed by atoms with E-state index >= 15 is 0 Å². The maximum absolute atomic E-state index is 9.94. The first-order valence-electron chi connectivity index (χ1n) is 6.50. The number of rotatable bonds is 4. The Labute approximate surface area is 117 Å². The van der Waals surface area contributed by atoms with Gasteiger partial charge in [0.1, 0.15) is 30.2 Å². The van der Waals surface area contributed by atoms with Gasteiger partial charge in [0.15, 0.2) is 0 Å². The van der Waals surface area contributed by atoms with Crippen molar-refractivity contribution in [3.8, 4) is 5.75 Å². The maximum atomic E-state index is 9.94. The summed E-state index contributed by atoms with van der Waals surface area (Å²) in [6.45, 7) is -0.413. The van der Waals surface area contributed by atoms with Gasteiger partial charge in [-0.15, -0.1) is 0 Å². The molecule has 1 unspecified atom stereocenters. The van der Waals surface area contributed by atoms with Crippen molar-refractivity contribution in [3.05, 3.63) is 29.8 Å². The number of aliphatic hydroxyl groups is 4. The molecule has 1 aromatic rings. The predicted molar refractivity (Wildman–Crippen MR) is 70.5 cm³/mol. The van der Waals surface area contributed by atoms with E-state index in [9.17, 15) is 15.3 Å². The Morgan fingerprint density at radius 2 is 1.60 bits per heavy atom. The van der Waals surface area contributed by atoms with E-state index in [0.29, 0.717) is 6.42 Å². The van der Waals surface area contributed by atoms with Crippen LogP contribution in [-0.4, -0.2) is 64.7 Å². The molecule has 0 aliphatic carbocycles. The second kappa shape index (κ2) is 6.51. The van der Waals surface area contributed by atoms with E-state index < -0.39 is 37.1 Å². The van der Waals surface area contributed by atoms with Gasteiger partial charge in [0, 0.05) is 6.42 Å². The quantitative estimate of drug-likeness (QED) is 0.571. The standard InChI is InChI=1S/C14H20O6/c1-19-9-4-2-8(3-5-9)6-10-12(16)14(18)13(17)11(7-15)20-10/h2-5,10-18H,6-7H2,1H3/t10?,11-,12+,13-,14-/m1/s1. The second-order valence-corrected chi connectivity index (χ2v) is 4.92. The molecule has 1 heterocycles. The van der Waals surface area contributed by atoms with E-state index in [1.165, 1.54) is 0 Å². The molecule has 1 saturated heterocycles. The summed E-state index contributed by atoms with van der Waals surface area (Å²) in [7, 11) is 1.58. The SMILES string of the molecule is COc1ccc(CC2O[C@H](CO)[C@@H](O)[C@H](O)[C@H]2O)cc1. The zero-order valence-electron chi connectivity index (χ0n) is 11.2. The highest BCUT2D eigenvalue weighted by molar-refractivity contribution is 5.27. The fraction of sp³-hybridized carbons (Fsp3) is 0.571. The molecule has 1 aromatic carbocycles. The van der Waals surface area contributed by atoms with Crippen molar-refractivity contribution < 1.29 is 29.9 Å². The Morgan fingerprint density at radius 1 is 1.00 bits per heavy atom. The van der Waals surface area contributed by atoms with Crippen LogP contribution in [0.2, 0.25) is 0 Å². The average molecular weight is 284 g/mol. The van der Waals surface area contributed by atoms with Gasteiger partial charge >= 0.3 is 0 Å². The van der Waals surface area contributed by atoms with Crippen molar-refractivity contribution in [2.24, 2.45) is 0 Å². The summed E-state index contributed by atoms with van der Waals surface area (Å²) < 4.78 is 10.5. The highest BCUT2D eigenvalue weighted by atomic mass is 16.5. The Bertz CT molecular complexity index is 418. The molecule has 0 aromatic heterocycles. The number of methoxy groups -OCH3 is 1. The zero-order valence-corrected chi connectivity index (χ0v) is 11.2. The molecule has 0 radical (unpaired) electrons.